The lowest BCUT2D eigenvalue weighted by Gasteiger charge is -2.33. The number of hydrogen-bond acceptors (Lipinski definition) is 4. The van der Waals surface area contributed by atoms with Gasteiger partial charge in [-0.05, 0) is 56.2 Å². The first kappa shape index (κ1) is 17.1. The van der Waals surface area contributed by atoms with Gasteiger partial charge in [-0.25, -0.2) is 0 Å². The molecule has 0 aliphatic carbocycles. The summed E-state index contributed by atoms with van der Waals surface area (Å²) < 4.78 is 5.08. The van der Waals surface area contributed by atoms with E-state index in [0.717, 1.165) is 37.3 Å². The summed E-state index contributed by atoms with van der Waals surface area (Å²) in [4.78, 5) is 26.1. The molecule has 0 spiro atoms. The predicted molar refractivity (Wildman–Crippen MR) is 96.7 cm³/mol. The largest absolute Gasteiger partial charge is 0.459 e. The molecule has 132 valence electrons. The highest BCUT2D eigenvalue weighted by atomic mass is 16.3. The van der Waals surface area contributed by atoms with E-state index in [9.17, 15) is 9.59 Å². The first-order valence-corrected chi connectivity index (χ1v) is 8.65. The number of piperidine rings is 1. The van der Waals surface area contributed by atoms with Gasteiger partial charge in [-0.15, -0.1) is 0 Å². The predicted octanol–water partition coefficient (Wildman–Crippen LogP) is 2.88. The third-order valence-electron chi connectivity index (χ3n) is 4.45. The van der Waals surface area contributed by atoms with Crippen molar-refractivity contribution >= 4 is 23.2 Å². The Morgan fingerprint density at radius 3 is 2.48 bits per heavy atom. The van der Waals surface area contributed by atoms with Gasteiger partial charge in [0, 0.05) is 36.9 Å². The number of hydrogen-bond donors (Lipinski definition) is 2. The molecular formula is C19H23N3O3. The number of nitrogens with one attached hydrogen (secondary N) is 2. The highest BCUT2D eigenvalue weighted by Gasteiger charge is 2.24. The Morgan fingerprint density at radius 2 is 1.88 bits per heavy atom. The van der Waals surface area contributed by atoms with Gasteiger partial charge in [0.1, 0.15) is 0 Å². The van der Waals surface area contributed by atoms with E-state index < -0.39 is 0 Å². The molecule has 2 amide bonds. The second-order valence-corrected chi connectivity index (χ2v) is 6.13. The molecule has 1 aliphatic rings. The summed E-state index contributed by atoms with van der Waals surface area (Å²) in [7, 11) is 0. The van der Waals surface area contributed by atoms with Crippen LogP contribution in [-0.2, 0) is 4.79 Å². The molecule has 1 aromatic carbocycles. The molecule has 0 atom stereocenters. The Balaban J connectivity index is 1.54. The van der Waals surface area contributed by atoms with Crippen LogP contribution in [0.15, 0.2) is 47.1 Å². The van der Waals surface area contributed by atoms with Gasteiger partial charge in [0.25, 0.3) is 5.91 Å². The smallest absolute Gasteiger partial charge is 0.291 e. The van der Waals surface area contributed by atoms with E-state index in [1.807, 2.05) is 31.2 Å². The second-order valence-electron chi connectivity index (χ2n) is 6.13. The van der Waals surface area contributed by atoms with Crippen molar-refractivity contribution in [2.75, 3.05) is 29.9 Å². The van der Waals surface area contributed by atoms with Crippen LogP contribution < -0.4 is 15.5 Å². The fourth-order valence-corrected chi connectivity index (χ4v) is 3.07. The molecule has 6 nitrogen and oxygen atoms in total. The zero-order valence-electron chi connectivity index (χ0n) is 14.3. The van der Waals surface area contributed by atoms with E-state index in [-0.39, 0.29) is 23.5 Å². The molecule has 0 radical (unpaired) electrons. The van der Waals surface area contributed by atoms with Crippen molar-refractivity contribution in [1.82, 2.24) is 5.32 Å². The molecule has 6 heteroatoms. The van der Waals surface area contributed by atoms with E-state index in [1.165, 1.54) is 6.26 Å². The molecule has 25 heavy (non-hydrogen) atoms. The zero-order chi connectivity index (χ0) is 17.6. The summed E-state index contributed by atoms with van der Waals surface area (Å²) in [6.07, 6.45) is 3.20. The molecule has 2 heterocycles. The molecule has 3 rings (SSSR count). The van der Waals surface area contributed by atoms with Gasteiger partial charge in [0.2, 0.25) is 5.91 Å². The maximum Gasteiger partial charge on any atom is 0.291 e. The SMILES string of the molecule is CCNC(=O)C1CCN(c2ccc(NC(=O)c3ccco3)cc2)CC1. The number of furan rings is 1. The highest BCUT2D eigenvalue weighted by Crippen LogP contribution is 2.25. The van der Waals surface area contributed by atoms with E-state index >= 15 is 0 Å². The van der Waals surface area contributed by atoms with Crippen molar-refractivity contribution in [1.29, 1.82) is 0 Å². The Morgan fingerprint density at radius 1 is 1.16 bits per heavy atom. The molecule has 0 unspecified atom stereocenters. The van der Waals surface area contributed by atoms with Crippen molar-refractivity contribution in [3.8, 4) is 0 Å². The Labute approximate surface area is 147 Å². The number of rotatable bonds is 5. The topological polar surface area (TPSA) is 74.6 Å². The number of benzene rings is 1. The molecule has 2 N–H and O–H groups in total. The first-order valence-electron chi connectivity index (χ1n) is 8.65. The van der Waals surface area contributed by atoms with Crippen LogP contribution >= 0.6 is 0 Å². The number of nitrogens with zero attached hydrogens (tertiary/aromatic N) is 1. The Hall–Kier alpha value is -2.76. The summed E-state index contributed by atoms with van der Waals surface area (Å²) in [5.41, 5.74) is 1.83. The van der Waals surface area contributed by atoms with Crippen LogP contribution in [0.4, 0.5) is 11.4 Å². The number of amides is 2. The molecule has 1 aromatic heterocycles. The molecular weight excluding hydrogens is 318 g/mol. The van der Waals surface area contributed by atoms with Gasteiger partial charge in [-0.2, -0.15) is 0 Å². The molecule has 1 fully saturated rings. The van der Waals surface area contributed by atoms with Gasteiger partial charge >= 0.3 is 0 Å². The van der Waals surface area contributed by atoms with Crippen LogP contribution in [0.2, 0.25) is 0 Å². The summed E-state index contributed by atoms with van der Waals surface area (Å²) in [5.74, 6) is 0.304. The van der Waals surface area contributed by atoms with Crippen LogP contribution in [0.1, 0.15) is 30.3 Å². The average molecular weight is 341 g/mol. The van der Waals surface area contributed by atoms with Crippen LogP contribution in [0.3, 0.4) is 0 Å². The van der Waals surface area contributed by atoms with Crippen LogP contribution in [0, 0.1) is 5.92 Å². The minimum atomic E-state index is -0.263. The molecule has 0 saturated carbocycles. The monoisotopic (exact) mass is 341 g/mol. The summed E-state index contributed by atoms with van der Waals surface area (Å²) in [5, 5.41) is 5.71. The van der Waals surface area contributed by atoms with Crippen molar-refractivity contribution in [2.45, 2.75) is 19.8 Å². The van der Waals surface area contributed by atoms with Crippen molar-refractivity contribution in [2.24, 2.45) is 5.92 Å². The van der Waals surface area contributed by atoms with Gasteiger partial charge in [0.05, 0.1) is 6.26 Å². The molecule has 0 bridgehead atoms. The molecule has 1 saturated heterocycles. The second kappa shape index (κ2) is 7.88. The standard InChI is InChI=1S/C19H23N3O3/c1-2-20-18(23)14-9-11-22(12-10-14)16-7-5-15(6-8-16)21-19(24)17-4-3-13-25-17/h3-8,13-14H,2,9-12H2,1H3,(H,20,23)(H,21,24). The maximum atomic E-state index is 12.0. The third kappa shape index (κ3) is 4.21. The van der Waals surface area contributed by atoms with Crippen LogP contribution in [0.5, 0.6) is 0 Å². The fourth-order valence-electron chi connectivity index (χ4n) is 3.07. The minimum Gasteiger partial charge on any atom is -0.459 e. The number of anilines is 2. The van der Waals surface area contributed by atoms with E-state index in [2.05, 4.69) is 15.5 Å². The van der Waals surface area contributed by atoms with Crippen molar-refractivity contribution in [3.63, 3.8) is 0 Å². The molecule has 2 aromatic rings. The summed E-state index contributed by atoms with van der Waals surface area (Å²) in [6, 6.07) is 11.1. The van der Waals surface area contributed by atoms with Crippen molar-refractivity contribution < 1.29 is 14.0 Å². The average Bonchev–Trinajstić information content (AvgIpc) is 3.18. The van der Waals surface area contributed by atoms with E-state index in [4.69, 9.17) is 4.42 Å². The van der Waals surface area contributed by atoms with Gasteiger partial charge in [-0.3, -0.25) is 9.59 Å². The Kier molecular flexibility index (Phi) is 5.38. The van der Waals surface area contributed by atoms with Crippen LogP contribution in [0.25, 0.3) is 0 Å². The quantitative estimate of drug-likeness (QED) is 0.877. The lowest BCUT2D eigenvalue weighted by atomic mass is 9.95. The fraction of sp³-hybridized carbons (Fsp3) is 0.368. The van der Waals surface area contributed by atoms with Crippen LogP contribution in [-0.4, -0.2) is 31.4 Å². The van der Waals surface area contributed by atoms with Gasteiger partial charge in [0.15, 0.2) is 5.76 Å². The number of carbonyl (C=O) groups excluding carboxylic acids is 2. The van der Waals surface area contributed by atoms with E-state index in [0.29, 0.717) is 6.54 Å². The molecule has 1 aliphatic heterocycles. The third-order valence-corrected chi connectivity index (χ3v) is 4.45. The lowest BCUT2D eigenvalue weighted by Crippen LogP contribution is -2.40. The van der Waals surface area contributed by atoms with Gasteiger partial charge in [-0.1, -0.05) is 0 Å². The van der Waals surface area contributed by atoms with Crippen molar-refractivity contribution in [3.05, 3.63) is 48.4 Å². The highest BCUT2D eigenvalue weighted by molar-refractivity contribution is 6.02. The zero-order valence-corrected chi connectivity index (χ0v) is 14.3. The summed E-state index contributed by atoms with van der Waals surface area (Å²) in [6.45, 7) is 4.35. The van der Waals surface area contributed by atoms with E-state index in [1.54, 1.807) is 12.1 Å². The Bertz CT molecular complexity index is 702. The lowest BCUT2D eigenvalue weighted by molar-refractivity contribution is -0.125. The van der Waals surface area contributed by atoms with Gasteiger partial charge < -0.3 is 20.0 Å². The normalized spacial score (nSPS) is 15.0. The maximum absolute atomic E-state index is 12.0. The minimum absolute atomic E-state index is 0.114. The number of carbonyl (C=O) groups is 2. The first-order chi connectivity index (χ1) is 12.2. The summed E-state index contributed by atoms with van der Waals surface area (Å²) >= 11 is 0.